The molecule has 0 unspecified atom stereocenters. The highest BCUT2D eigenvalue weighted by Crippen LogP contribution is 2.28. The third kappa shape index (κ3) is 3.72. The first-order valence-electron chi connectivity index (χ1n) is 6.70. The van der Waals surface area contributed by atoms with E-state index in [4.69, 9.17) is 9.84 Å². The molecule has 0 heterocycles. The van der Waals surface area contributed by atoms with Crippen LogP contribution in [0.15, 0.2) is 18.2 Å². The lowest BCUT2D eigenvalue weighted by molar-refractivity contribution is 0.131. The van der Waals surface area contributed by atoms with Gasteiger partial charge in [0.1, 0.15) is 0 Å². The van der Waals surface area contributed by atoms with Crippen LogP contribution in [0.25, 0.3) is 0 Å². The fourth-order valence-corrected chi connectivity index (χ4v) is 1.96. The van der Waals surface area contributed by atoms with E-state index in [1.54, 1.807) is 0 Å². The highest BCUT2D eigenvalue weighted by Gasteiger charge is 2.20. The molecule has 1 N–H and O–H groups in total. The Balaban J connectivity index is 1.79. The number of anilines is 1. The molecule has 2 rings (SSSR count). The molecular formula is C15H23NO2. The maximum Gasteiger partial charge on any atom is 0.0684 e. The molecule has 0 bridgehead atoms. The summed E-state index contributed by atoms with van der Waals surface area (Å²) in [5.41, 5.74) is 3.32. The summed E-state index contributed by atoms with van der Waals surface area (Å²) in [5, 5.41) is 9.15. The van der Waals surface area contributed by atoms with E-state index in [2.05, 4.69) is 24.1 Å². The molecule has 3 heteroatoms. The molecule has 3 nitrogen and oxygen atoms in total. The van der Waals surface area contributed by atoms with Gasteiger partial charge in [0.05, 0.1) is 13.2 Å². The third-order valence-electron chi connectivity index (χ3n) is 3.56. The van der Waals surface area contributed by atoms with E-state index < -0.39 is 0 Å². The number of rotatable bonds is 7. The van der Waals surface area contributed by atoms with Crippen LogP contribution in [0.4, 0.5) is 5.69 Å². The second kappa shape index (κ2) is 6.21. The molecule has 18 heavy (non-hydrogen) atoms. The van der Waals surface area contributed by atoms with E-state index in [-0.39, 0.29) is 6.61 Å². The van der Waals surface area contributed by atoms with Crippen LogP contribution in [-0.4, -0.2) is 31.9 Å². The lowest BCUT2D eigenvalue weighted by atomic mass is 10.1. The average molecular weight is 249 g/mol. The van der Waals surface area contributed by atoms with Crippen molar-refractivity contribution >= 4 is 5.69 Å². The molecule has 1 saturated carbocycles. The number of aliphatic hydroxyl groups excluding tert-OH is 1. The summed E-state index contributed by atoms with van der Waals surface area (Å²) in [6.07, 6.45) is 2.69. The quantitative estimate of drug-likeness (QED) is 0.753. The smallest absolute Gasteiger partial charge is 0.0684 e. The van der Waals surface area contributed by atoms with Gasteiger partial charge in [0.2, 0.25) is 0 Å². The predicted octanol–water partition coefficient (Wildman–Crippen LogP) is 2.35. The fourth-order valence-electron chi connectivity index (χ4n) is 1.96. The Morgan fingerprint density at radius 3 is 2.78 bits per heavy atom. The summed E-state index contributed by atoms with van der Waals surface area (Å²) in [4.78, 5) is 2.20. The monoisotopic (exact) mass is 249 g/mol. The number of benzene rings is 1. The lowest BCUT2D eigenvalue weighted by Gasteiger charge is -2.20. The molecule has 0 atom stereocenters. The Kier molecular flexibility index (Phi) is 4.61. The Bertz CT molecular complexity index is 388. The highest BCUT2D eigenvalue weighted by molar-refractivity contribution is 5.50. The number of ether oxygens (including phenoxy) is 1. The minimum absolute atomic E-state index is 0.111. The fraction of sp³-hybridized carbons (Fsp3) is 0.600. The molecule has 0 radical (unpaired) electrons. The molecule has 0 aromatic heterocycles. The lowest BCUT2D eigenvalue weighted by Crippen LogP contribution is -2.23. The van der Waals surface area contributed by atoms with Crippen molar-refractivity contribution in [2.75, 3.05) is 31.7 Å². The summed E-state index contributed by atoms with van der Waals surface area (Å²) in [6, 6.07) is 6.16. The second-order valence-electron chi connectivity index (χ2n) is 5.21. The van der Waals surface area contributed by atoms with E-state index in [9.17, 15) is 0 Å². The molecule has 1 fully saturated rings. The van der Waals surface area contributed by atoms with E-state index >= 15 is 0 Å². The molecule has 1 aromatic rings. The molecule has 0 aliphatic heterocycles. The van der Waals surface area contributed by atoms with E-state index in [1.165, 1.54) is 18.5 Å². The van der Waals surface area contributed by atoms with Crippen molar-refractivity contribution in [2.45, 2.75) is 26.4 Å². The Morgan fingerprint density at radius 2 is 2.17 bits per heavy atom. The van der Waals surface area contributed by atoms with Gasteiger partial charge in [0, 0.05) is 25.9 Å². The van der Waals surface area contributed by atoms with Gasteiger partial charge in [0.15, 0.2) is 0 Å². The molecular weight excluding hydrogens is 226 g/mol. The number of nitrogens with zero attached hydrogens (tertiary/aromatic N) is 1. The normalized spacial score (nSPS) is 14.8. The van der Waals surface area contributed by atoms with Crippen LogP contribution in [0.2, 0.25) is 0 Å². The van der Waals surface area contributed by atoms with E-state index in [0.717, 1.165) is 36.8 Å². The van der Waals surface area contributed by atoms with Gasteiger partial charge in [-0.15, -0.1) is 0 Å². The Labute approximate surface area is 109 Å². The zero-order chi connectivity index (χ0) is 13.0. The summed E-state index contributed by atoms with van der Waals surface area (Å²) < 4.78 is 5.64. The first kappa shape index (κ1) is 13.4. The third-order valence-corrected chi connectivity index (χ3v) is 3.56. The average Bonchev–Trinajstić information content (AvgIpc) is 3.18. The summed E-state index contributed by atoms with van der Waals surface area (Å²) in [5.74, 6) is 0.835. The van der Waals surface area contributed by atoms with Crippen LogP contribution >= 0.6 is 0 Å². The summed E-state index contributed by atoms with van der Waals surface area (Å²) in [7, 11) is 2.08. The van der Waals surface area contributed by atoms with Gasteiger partial charge in [0.25, 0.3) is 0 Å². The van der Waals surface area contributed by atoms with Crippen LogP contribution in [0.1, 0.15) is 24.0 Å². The zero-order valence-corrected chi connectivity index (χ0v) is 11.4. The molecule has 100 valence electrons. The molecule has 0 amide bonds. The van der Waals surface area contributed by atoms with Gasteiger partial charge in [-0.3, -0.25) is 0 Å². The van der Waals surface area contributed by atoms with Gasteiger partial charge >= 0.3 is 0 Å². The molecule has 0 saturated heterocycles. The van der Waals surface area contributed by atoms with Crippen molar-refractivity contribution in [2.24, 2.45) is 5.92 Å². The minimum atomic E-state index is 0.111. The van der Waals surface area contributed by atoms with Crippen molar-refractivity contribution < 1.29 is 9.84 Å². The van der Waals surface area contributed by atoms with E-state index in [1.807, 2.05) is 13.0 Å². The van der Waals surface area contributed by atoms with Gasteiger partial charge in [-0.05, 0) is 48.9 Å². The molecule has 1 aliphatic rings. The number of hydrogen-bond donors (Lipinski definition) is 1. The molecule has 1 aliphatic carbocycles. The summed E-state index contributed by atoms with van der Waals surface area (Å²) >= 11 is 0. The van der Waals surface area contributed by atoms with Gasteiger partial charge in [-0.1, -0.05) is 6.07 Å². The standard InChI is InChI=1S/C15H23NO2/c1-12-9-15(6-5-14(12)10-17)16(2)7-8-18-11-13-3-4-13/h5-6,9,13,17H,3-4,7-8,10-11H2,1-2H3. The highest BCUT2D eigenvalue weighted by atomic mass is 16.5. The Morgan fingerprint density at radius 1 is 1.39 bits per heavy atom. The van der Waals surface area contributed by atoms with Crippen LogP contribution < -0.4 is 4.90 Å². The van der Waals surface area contributed by atoms with Crippen LogP contribution in [-0.2, 0) is 11.3 Å². The van der Waals surface area contributed by atoms with E-state index in [0.29, 0.717) is 0 Å². The van der Waals surface area contributed by atoms with Crippen molar-refractivity contribution in [1.82, 2.24) is 0 Å². The molecule has 1 aromatic carbocycles. The number of hydrogen-bond acceptors (Lipinski definition) is 3. The maximum atomic E-state index is 9.15. The van der Waals surface area contributed by atoms with Gasteiger partial charge < -0.3 is 14.7 Å². The maximum absolute atomic E-state index is 9.15. The molecule has 0 spiro atoms. The number of likely N-dealkylation sites (N-methyl/N-ethyl adjacent to an activating group) is 1. The minimum Gasteiger partial charge on any atom is -0.392 e. The first-order valence-corrected chi connectivity index (χ1v) is 6.70. The zero-order valence-electron chi connectivity index (χ0n) is 11.4. The first-order chi connectivity index (χ1) is 8.70. The van der Waals surface area contributed by atoms with Crippen molar-refractivity contribution in [3.63, 3.8) is 0 Å². The Hall–Kier alpha value is -1.06. The second-order valence-corrected chi connectivity index (χ2v) is 5.21. The van der Waals surface area contributed by atoms with Gasteiger partial charge in [-0.25, -0.2) is 0 Å². The largest absolute Gasteiger partial charge is 0.392 e. The van der Waals surface area contributed by atoms with Crippen LogP contribution in [0.5, 0.6) is 0 Å². The van der Waals surface area contributed by atoms with Gasteiger partial charge in [-0.2, -0.15) is 0 Å². The van der Waals surface area contributed by atoms with Crippen LogP contribution in [0, 0.1) is 12.8 Å². The predicted molar refractivity (Wildman–Crippen MR) is 73.9 cm³/mol. The van der Waals surface area contributed by atoms with Crippen molar-refractivity contribution in [3.8, 4) is 0 Å². The van der Waals surface area contributed by atoms with Crippen molar-refractivity contribution in [3.05, 3.63) is 29.3 Å². The van der Waals surface area contributed by atoms with Crippen LogP contribution in [0.3, 0.4) is 0 Å². The van der Waals surface area contributed by atoms with Crippen molar-refractivity contribution in [1.29, 1.82) is 0 Å². The number of aryl methyl sites for hydroxylation is 1. The number of aliphatic hydroxyl groups is 1. The SMILES string of the molecule is Cc1cc(N(C)CCOCC2CC2)ccc1CO. The topological polar surface area (TPSA) is 32.7 Å². The summed E-state index contributed by atoms with van der Waals surface area (Å²) in [6.45, 7) is 4.77.